The van der Waals surface area contributed by atoms with Crippen molar-refractivity contribution in [2.75, 3.05) is 5.73 Å². The fourth-order valence-electron chi connectivity index (χ4n) is 2.24. The zero-order chi connectivity index (χ0) is 12.0. The number of furan rings is 1. The molecule has 2 aromatic heterocycles. The van der Waals surface area contributed by atoms with Crippen molar-refractivity contribution in [3.05, 3.63) is 35.4 Å². The molecule has 90 valence electrons. The molecule has 2 N–H and O–H groups in total. The predicted molar refractivity (Wildman–Crippen MR) is 65.7 cm³/mol. The number of nitrogen functional groups attached to an aromatic ring is 1. The molecule has 2 heterocycles. The van der Waals surface area contributed by atoms with E-state index in [1.807, 2.05) is 19.1 Å². The van der Waals surface area contributed by atoms with Gasteiger partial charge in [-0.15, -0.1) is 0 Å². The van der Waals surface area contributed by atoms with E-state index in [9.17, 15) is 0 Å². The normalized spacial score (nSPS) is 22.9. The van der Waals surface area contributed by atoms with Gasteiger partial charge in [0.1, 0.15) is 23.9 Å². The van der Waals surface area contributed by atoms with Crippen LogP contribution in [0.1, 0.15) is 36.5 Å². The third-order valence-electron chi connectivity index (χ3n) is 3.40. The summed E-state index contributed by atoms with van der Waals surface area (Å²) >= 11 is 0. The highest BCUT2D eigenvalue weighted by molar-refractivity contribution is 5.31. The number of hydrogen-bond acceptors (Lipinski definition) is 3. The average Bonchev–Trinajstić information content (AvgIpc) is 2.71. The van der Waals surface area contributed by atoms with Crippen molar-refractivity contribution in [1.29, 1.82) is 0 Å². The molecule has 0 spiro atoms. The molecule has 4 nitrogen and oxygen atoms in total. The SMILES string of the molecule is Cc1cc(N)n(Cc2ccc(C3CC3C)o2)n1. The molecule has 1 saturated carbocycles. The summed E-state index contributed by atoms with van der Waals surface area (Å²) < 4.78 is 7.60. The molecule has 4 heteroatoms. The monoisotopic (exact) mass is 231 g/mol. The molecule has 0 aliphatic heterocycles. The van der Waals surface area contributed by atoms with Gasteiger partial charge in [0.05, 0.1) is 5.69 Å². The van der Waals surface area contributed by atoms with Crippen LogP contribution in [-0.4, -0.2) is 9.78 Å². The van der Waals surface area contributed by atoms with Crippen LogP contribution in [-0.2, 0) is 6.54 Å². The van der Waals surface area contributed by atoms with Gasteiger partial charge in [0.25, 0.3) is 0 Å². The maximum absolute atomic E-state index is 5.85. The highest BCUT2D eigenvalue weighted by Gasteiger charge is 2.36. The number of aryl methyl sites for hydroxylation is 1. The quantitative estimate of drug-likeness (QED) is 0.883. The van der Waals surface area contributed by atoms with Crippen molar-refractivity contribution in [3.8, 4) is 0 Å². The molecule has 2 aromatic rings. The van der Waals surface area contributed by atoms with Crippen LogP contribution in [0.2, 0.25) is 0 Å². The van der Waals surface area contributed by atoms with Gasteiger partial charge in [-0.05, 0) is 31.4 Å². The molecular weight excluding hydrogens is 214 g/mol. The summed E-state index contributed by atoms with van der Waals surface area (Å²) in [4.78, 5) is 0. The Morgan fingerprint density at radius 1 is 1.53 bits per heavy atom. The minimum atomic E-state index is 0.612. The highest BCUT2D eigenvalue weighted by atomic mass is 16.3. The Labute approximate surface area is 100 Å². The van der Waals surface area contributed by atoms with Gasteiger partial charge in [-0.25, -0.2) is 4.68 Å². The second-order valence-electron chi connectivity index (χ2n) is 4.99. The van der Waals surface area contributed by atoms with Crippen LogP contribution < -0.4 is 5.73 Å². The summed E-state index contributed by atoms with van der Waals surface area (Å²) in [7, 11) is 0. The van der Waals surface area contributed by atoms with Gasteiger partial charge in [0, 0.05) is 12.0 Å². The Kier molecular flexibility index (Phi) is 2.24. The van der Waals surface area contributed by atoms with Crippen LogP contribution in [0.3, 0.4) is 0 Å². The van der Waals surface area contributed by atoms with Crippen molar-refractivity contribution >= 4 is 5.82 Å². The van der Waals surface area contributed by atoms with Crippen molar-refractivity contribution < 1.29 is 4.42 Å². The van der Waals surface area contributed by atoms with Crippen molar-refractivity contribution in [3.63, 3.8) is 0 Å². The zero-order valence-electron chi connectivity index (χ0n) is 10.2. The van der Waals surface area contributed by atoms with Gasteiger partial charge >= 0.3 is 0 Å². The Morgan fingerprint density at radius 3 is 2.88 bits per heavy atom. The highest BCUT2D eigenvalue weighted by Crippen LogP contribution is 2.47. The topological polar surface area (TPSA) is 57.0 Å². The lowest BCUT2D eigenvalue weighted by molar-refractivity contribution is 0.443. The Bertz CT molecular complexity index is 541. The molecule has 1 aliphatic carbocycles. The van der Waals surface area contributed by atoms with Crippen molar-refractivity contribution in [2.45, 2.75) is 32.7 Å². The van der Waals surface area contributed by atoms with E-state index in [0.29, 0.717) is 18.3 Å². The van der Waals surface area contributed by atoms with Crippen molar-refractivity contribution in [1.82, 2.24) is 9.78 Å². The third kappa shape index (κ3) is 1.95. The van der Waals surface area contributed by atoms with Crippen LogP contribution in [0.25, 0.3) is 0 Å². The lowest BCUT2D eigenvalue weighted by Crippen LogP contribution is -2.05. The first-order valence-electron chi connectivity index (χ1n) is 6.02. The first-order chi connectivity index (χ1) is 8.13. The number of rotatable bonds is 3. The summed E-state index contributed by atoms with van der Waals surface area (Å²) in [6, 6.07) is 5.97. The molecule has 0 amide bonds. The maximum atomic E-state index is 5.85. The van der Waals surface area contributed by atoms with Crippen LogP contribution in [0.15, 0.2) is 22.6 Å². The van der Waals surface area contributed by atoms with Gasteiger partial charge in [0.2, 0.25) is 0 Å². The van der Waals surface area contributed by atoms with Crippen LogP contribution >= 0.6 is 0 Å². The fraction of sp³-hybridized carbons (Fsp3) is 0.462. The largest absolute Gasteiger partial charge is 0.464 e. The molecule has 2 unspecified atom stereocenters. The number of aromatic nitrogens is 2. The van der Waals surface area contributed by atoms with E-state index in [4.69, 9.17) is 10.2 Å². The summed E-state index contributed by atoms with van der Waals surface area (Å²) in [5.74, 6) is 4.11. The standard InChI is InChI=1S/C13H17N3O/c1-8-5-11(8)12-4-3-10(17-12)7-16-13(14)6-9(2)15-16/h3-4,6,8,11H,5,7,14H2,1-2H3. The molecular formula is C13H17N3O. The molecule has 2 atom stereocenters. The zero-order valence-corrected chi connectivity index (χ0v) is 10.2. The number of anilines is 1. The Morgan fingerprint density at radius 2 is 2.29 bits per heavy atom. The van der Waals surface area contributed by atoms with E-state index in [0.717, 1.165) is 23.1 Å². The van der Waals surface area contributed by atoms with Gasteiger partial charge < -0.3 is 10.2 Å². The molecule has 1 fully saturated rings. The minimum Gasteiger partial charge on any atom is -0.464 e. The number of nitrogens with two attached hydrogens (primary N) is 1. The Hall–Kier alpha value is -1.71. The van der Waals surface area contributed by atoms with E-state index < -0.39 is 0 Å². The smallest absolute Gasteiger partial charge is 0.125 e. The molecule has 17 heavy (non-hydrogen) atoms. The molecule has 0 aromatic carbocycles. The van der Waals surface area contributed by atoms with E-state index in [1.165, 1.54) is 6.42 Å². The molecule has 0 saturated heterocycles. The fourth-order valence-corrected chi connectivity index (χ4v) is 2.24. The average molecular weight is 231 g/mol. The second kappa shape index (κ2) is 3.65. The summed E-state index contributed by atoms with van der Waals surface area (Å²) in [6.45, 7) is 4.80. The summed E-state index contributed by atoms with van der Waals surface area (Å²) in [6.07, 6.45) is 1.25. The van der Waals surface area contributed by atoms with Gasteiger partial charge in [0.15, 0.2) is 0 Å². The predicted octanol–water partition coefficient (Wildman–Crippen LogP) is 2.54. The van der Waals surface area contributed by atoms with E-state index in [-0.39, 0.29) is 0 Å². The van der Waals surface area contributed by atoms with E-state index in [2.05, 4.69) is 18.1 Å². The number of nitrogens with zero attached hydrogens (tertiary/aromatic N) is 2. The molecule has 0 bridgehead atoms. The third-order valence-corrected chi connectivity index (χ3v) is 3.40. The lowest BCUT2D eigenvalue weighted by Gasteiger charge is -2.00. The summed E-state index contributed by atoms with van der Waals surface area (Å²) in [5, 5.41) is 4.32. The number of hydrogen-bond donors (Lipinski definition) is 1. The maximum Gasteiger partial charge on any atom is 0.125 e. The molecule has 1 aliphatic rings. The summed E-state index contributed by atoms with van der Waals surface area (Å²) in [5.41, 5.74) is 6.78. The molecule has 0 radical (unpaired) electrons. The molecule has 3 rings (SSSR count). The van der Waals surface area contributed by atoms with Crippen LogP contribution in [0.4, 0.5) is 5.82 Å². The second-order valence-corrected chi connectivity index (χ2v) is 4.99. The minimum absolute atomic E-state index is 0.612. The van der Waals surface area contributed by atoms with E-state index in [1.54, 1.807) is 4.68 Å². The van der Waals surface area contributed by atoms with E-state index >= 15 is 0 Å². The van der Waals surface area contributed by atoms with Gasteiger partial charge in [-0.3, -0.25) is 0 Å². The van der Waals surface area contributed by atoms with Gasteiger partial charge in [-0.2, -0.15) is 5.10 Å². The van der Waals surface area contributed by atoms with Gasteiger partial charge in [-0.1, -0.05) is 6.92 Å². The Balaban J connectivity index is 1.77. The first-order valence-corrected chi connectivity index (χ1v) is 6.02. The van der Waals surface area contributed by atoms with Crippen LogP contribution in [0.5, 0.6) is 0 Å². The first kappa shape index (κ1) is 10.4. The van der Waals surface area contributed by atoms with Crippen LogP contribution in [0, 0.1) is 12.8 Å². The lowest BCUT2D eigenvalue weighted by atomic mass is 10.3. The van der Waals surface area contributed by atoms with Crippen molar-refractivity contribution in [2.24, 2.45) is 5.92 Å².